The smallest absolute Gasteiger partial charge is 0.251 e. The summed E-state index contributed by atoms with van der Waals surface area (Å²) in [7, 11) is 1.57. The maximum Gasteiger partial charge on any atom is 0.251 e. The minimum absolute atomic E-state index is 0.188. The van der Waals surface area contributed by atoms with Crippen molar-refractivity contribution in [1.29, 1.82) is 0 Å². The van der Waals surface area contributed by atoms with Crippen molar-refractivity contribution < 1.29 is 9.59 Å². The molecule has 0 bridgehead atoms. The predicted molar refractivity (Wildman–Crippen MR) is 98.0 cm³/mol. The summed E-state index contributed by atoms with van der Waals surface area (Å²) in [6.07, 6.45) is 3.25. The minimum Gasteiger partial charge on any atom is -0.355 e. The number of hydrogen-bond acceptors (Lipinski definition) is 2. The standard InChI is InChI=1S/C20H22N2O2/c1-14(2)16-10-7-15(8-11-16)9-12-19(23)22-18-6-4-5-17(13-18)20(24)21-3/h4-14H,1-3H3,(H,21,24)(H,22,23)/b12-9+. The molecule has 0 atom stereocenters. The highest BCUT2D eigenvalue weighted by atomic mass is 16.2. The van der Waals surface area contributed by atoms with Crippen LogP contribution in [0.3, 0.4) is 0 Å². The molecule has 0 heterocycles. The van der Waals surface area contributed by atoms with Gasteiger partial charge in [0.05, 0.1) is 0 Å². The Hall–Kier alpha value is -2.88. The fourth-order valence-electron chi connectivity index (χ4n) is 2.23. The number of nitrogens with one attached hydrogen (secondary N) is 2. The Kier molecular flexibility index (Phi) is 5.90. The van der Waals surface area contributed by atoms with Gasteiger partial charge in [0.25, 0.3) is 5.91 Å². The molecule has 0 aliphatic carbocycles. The van der Waals surface area contributed by atoms with Crippen LogP contribution in [-0.4, -0.2) is 18.9 Å². The van der Waals surface area contributed by atoms with E-state index >= 15 is 0 Å². The van der Waals surface area contributed by atoms with Gasteiger partial charge in [0.15, 0.2) is 0 Å². The second-order valence-corrected chi connectivity index (χ2v) is 5.80. The number of hydrogen-bond donors (Lipinski definition) is 2. The molecule has 0 radical (unpaired) electrons. The monoisotopic (exact) mass is 322 g/mol. The van der Waals surface area contributed by atoms with Gasteiger partial charge in [0.1, 0.15) is 0 Å². The van der Waals surface area contributed by atoms with Crippen LogP contribution in [0.5, 0.6) is 0 Å². The van der Waals surface area contributed by atoms with E-state index in [-0.39, 0.29) is 11.8 Å². The Balaban J connectivity index is 2.01. The number of amides is 2. The number of anilines is 1. The Morgan fingerprint density at radius 1 is 1.04 bits per heavy atom. The molecule has 4 nitrogen and oxygen atoms in total. The molecule has 2 aromatic rings. The molecule has 2 amide bonds. The van der Waals surface area contributed by atoms with Crippen LogP contribution < -0.4 is 10.6 Å². The molecule has 0 unspecified atom stereocenters. The lowest BCUT2D eigenvalue weighted by molar-refractivity contribution is -0.111. The molecular weight excluding hydrogens is 300 g/mol. The summed E-state index contributed by atoms with van der Waals surface area (Å²) in [5.74, 6) is 0.0581. The Labute approximate surface area is 142 Å². The van der Waals surface area contributed by atoms with Gasteiger partial charge in [0.2, 0.25) is 5.91 Å². The highest BCUT2D eigenvalue weighted by Gasteiger charge is 2.05. The lowest BCUT2D eigenvalue weighted by atomic mass is 10.0. The molecule has 0 aliphatic rings. The van der Waals surface area contributed by atoms with Crippen LogP contribution in [0.4, 0.5) is 5.69 Å². The zero-order valence-corrected chi connectivity index (χ0v) is 14.2. The predicted octanol–water partition coefficient (Wildman–Crippen LogP) is 3.82. The van der Waals surface area contributed by atoms with Crippen molar-refractivity contribution in [2.24, 2.45) is 0 Å². The fourth-order valence-corrected chi connectivity index (χ4v) is 2.23. The quantitative estimate of drug-likeness (QED) is 0.822. The van der Waals surface area contributed by atoms with Gasteiger partial charge >= 0.3 is 0 Å². The maximum absolute atomic E-state index is 12.0. The number of benzene rings is 2. The van der Waals surface area contributed by atoms with E-state index in [4.69, 9.17) is 0 Å². The van der Waals surface area contributed by atoms with Gasteiger partial charge in [-0.05, 0) is 41.3 Å². The van der Waals surface area contributed by atoms with Gasteiger partial charge in [-0.2, -0.15) is 0 Å². The molecule has 0 saturated heterocycles. The van der Waals surface area contributed by atoms with Crippen LogP contribution in [0.15, 0.2) is 54.6 Å². The molecular formula is C20H22N2O2. The zero-order valence-electron chi connectivity index (χ0n) is 14.2. The summed E-state index contributed by atoms with van der Waals surface area (Å²) in [5, 5.41) is 5.31. The van der Waals surface area contributed by atoms with E-state index in [0.29, 0.717) is 17.2 Å². The van der Waals surface area contributed by atoms with E-state index in [9.17, 15) is 9.59 Å². The van der Waals surface area contributed by atoms with E-state index in [1.807, 2.05) is 12.1 Å². The summed E-state index contributed by atoms with van der Waals surface area (Å²) in [6.45, 7) is 4.29. The van der Waals surface area contributed by atoms with Crippen molar-refractivity contribution >= 4 is 23.6 Å². The van der Waals surface area contributed by atoms with Crippen molar-refractivity contribution in [2.75, 3.05) is 12.4 Å². The summed E-state index contributed by atoms with van der Waals surface area (Å²) in [6, 6.07) is 14.9. The first-order valence-corrected chi connectivity index (χ1v) is 7.91. The Morgan fingerprint density at radius 3 is 2.38 bits per heavy atom. The van der Waals surface area contributed by atoms with Gasteiger partial charge < -0.3 is 10.6 Å². The number of rotatable bonds is 5. The van der Waals surface area contributed by atoms with Crippen LogP contribution in [0, 0.1) is 0 Å². The van der Waals surface area contributed by atoms with Crippen molar-refractivity contribution in [3.05, 3.63) is 71.3 Å². The van der Waals surface area contributed by atoms with Crippen LogP contribution in [-0.2, 0) is 4.79 Å². The molecule has 0 saturated carbocycles. The summed E-state index contributed by atoms with van der Waals surface area (Å²) in [5.41, 5.74) is 3.32. The van der Waals surface area contributed by atoms with Crippen molar-refractivity contribution in [1.82, 2.24) is 5.32 Å². The van der Waals surface area contributed by atoms with Crippen LogP contribution in [0.25, 0.3) is 6.08 Å². The van der Waals surface area contributed by atoms with Gasteiger partial charge in [-0.3, -0.25) is 9.59 Å². The molecule has 2 rings (SSSR count). The average molecular weight is 322 g/mol. The van der Waals surface area contributed by atoms with Crippen molar-refractivity contribution in [3.63, 3.8) is 0 Å². The molecule has 124 valence electrons. The molecule has 0 fully saturated rings. The Morgan fingerprint density at radius 2 is 1.75 bits per heavy atom. The Bertz CT molecular complexity index is 746. The second-order valence-electron chi connectivity index (χ2n) is 5.80. The number of carbonyl (C=O) groups is 2. The third kappa shape index (κ3) is 4.81. The molecule has 2 aromatic carbocycles. The molecule has 4 heteroatoms. The SMILES string of the molecule is CNC(=O)c1cccc(NC(=O)/C=C/c2ccc(C(C)C)cc2)c1. The van der Waals surface area contributed by atoms with Gasteiger partial charge in [-0.25, -0.2) is 0 Å². The molecule has 0 aromatic heterocycles. The van der Waals surface area contributed by atoms with Crippen LogP contribution in [0.1, 0.15) is 41.3 Å². The molecule has 24 heavy (non-hydrogen) atoms. The summed E-state index contributed by atoms with van der Waals surface area (Å²) < 4.78 is 0. The normalized spacial score (nSPS) is 10.8. The largest absolute Gasteiger partial charge is 0.355 e. The lowest BCUT2D eigenvalue weighted by Gasteiger charge is -2.05. The maximum atomic E-state index is 12.0. The van der Waals surface area contributed by atoms with Gasteiger partial charge in [-0.15, -0.1) is 0 Å². The third-order valence-electron chi connectivity index (χ3n) is 3.65. The highest BCUT2D eigenvalue weighted by Crippen LogP contribution is 2.15. The molecule has 0 spiro atoms. The minimum atomic E-state index is -0.239. The zero-order chi connectivity index (χ0) is 17.5. The third-order valence-corrected chi connectivity index (χ3v) is 3.65. The first-order valence-electron chi connectivity index (χ1n) is 7.91. The summed E-state index contributed by atoms with van der Waals surface area (Å²) >= 11 is 0. The van der Waals surface area contributed by atoms with Crippen molar-refractivity contribution in [3.8, 4) is 0 Å². The van der Waals surface area contributed by atoms with E-state index in [0.717, 1.165) is 5.56 Å². The first kappa shape index (κ1) is 17.5. The van der Waals surface area contributed by atoms with E-state index in [1.165, 1.54) is 11.6 Å². The summed E-state index contributed by atoms with van der Waals surface area (Å²) in [4.78, 5) is 23.6. The van der Waals surface area contributed by atoms with Crippen molar-refractivity contribution in [2.45, 2.75) is 19.8 Å². The van der Waals surface area contributed by atoms with E-state index in [2.05, 4.69) is 36.6 Å². The van der Waals surface area contributed by atoms with E-state index < -0.39 is 0 Å². The fraction of sp³-hybridized carbons (Fsp3) is 0.200. The van der Waals surface area contributed by atoms with Crippen LogP contribution >= 0.6 is 0 Å². The lowest BCUT2D eigenvalue weighted by Crippen LogP contribution is -2.18. The highest BCUT2D eigenvalue weighted by molar-refractivity contribution is 6.03. The topological polar surface area (TPSA) is 58.2 Å². The first-order chi connectivity index (χ1) is 11.5. The average Bonchev–Trinajstić information content (AvgIpc) is 2.59. The van der Waals surface area contributed by atoms with Crippen LogP contribution in [0.2, 0.25) is 0 Å². The van der Waals surface area contributed by atoms with E-state index in [1.54, 1.807) is 37.4 Å². The second kappa shape index (κ2) is 8.11. The van der Waals surface area contributed by atoms with Gasteiger partial charge in [-0.1, -0.05) is 44.2 Å². The number of carbonyl (C=O) groups excluding carboxylic acids is 2. The molecule has 2 N–H and O–H groups in total. The van der Waals surface area contributed by atoms with Gasteiger partial charge in [0, 0.05) is 24.4 Å². The molecule has 0 aliphatic heterocycles.